The van der Waals surface area contributed by atoms with Crippen molar-refractivity contribution in [1.29, 1.82) is 0 Å². The number of unbranched alkanes of at least 4 members (excludes halogenated alkanes) is 39. The van der Waals surface area contributed by atoms with Gasteiger partial charge in [0.25, 0.3) is 0 Å². The van der Waals surface area contributed by atoms with Gasteiger partial charge in [0.2, 0.25) is 0 Å². The Morgan fingerprint density at radius 2 is 0.537 bits per heavy atom. The molecule has 0 aromatic heterocycles. The number of carbonyl (C=O) groups is 3. The van der Waals surface area contributed by atoms with Crippen LogP contribution in [0.25, 0.3) is 0 Å². The van der Waals surface area contributed by atoms with Crippen molar-refractivity contribution in [2.75, 3.05) is 13.2 Å². The maximum absolute atomic E-state index is 12.9. The van der Waals surface area contributed by atoms with E-state index in [2.05, 4.69) is 93.7 Å². The minimum absolute atomic E-state index is 0.103. The van der Waals surface area contributed by atoms with Gasteiger partial charge in [-0.25, -0.2) is 0 Å². The van der Waals surface area contributed by atoms with Crippen molar-refractivity contribution in [3.8, 4) is 0 Å². The first-order valence-electron chi connectivity index (χ1n) is 34.6. The largest absolute Gasteiger partial charge is 0.462 e. The fourth-order valence-corrected chi connectivity index (χ4v) is 10.0. The van der Waals surface area contributed by atoms with Crippen LogP contribution in [0, 0.1) is 0 Å². The lowest BCUT2D eigenvalue weighted by atomic mass is 10.0. The third-order valence-electron chi connectivity index (χ3n) is 15.2. The normalized spacial score (nSPS) is 12.6. The molecule has 80 heavy (non-hydrogen) atoms. The third kappa shape index (κ3) is 65.4. The van der Waals surface area contributed by atoms with E-state index in [1.165, 1.54) is 231 Å². The lowest BCUT2D eigenvalue weighted by molar-refractivity contribution is -0.166. The molecular weight excluding hydrogens is 985 g/mol. The van der Waals surface area contributed by atoms with Crippen LogP contribution in [-0.4, -0.2) is 37.2 Å². The van der Waals surface area contributed by atoms with Crippen LogP contribution in [-0.2, 0) is 28.6 Å². The molecule has 0 rings (SSSR count). The molecule has 0 aliphatic carbocycles. The molecule has 0 aromatic rings. The van der Waals surface area contributed by atoms with Gasteiger partial charge in [-0.3, -0.25) is 14.4 Å². The first kappa shape index (κ1) is 76.6. The van der Waals surface area contributed by atoms with Gasteiger partial charge in [-0.1, -0.05) is 337 Å². The summed E-state index contributed by atoms with van der Waals surface area (Å²) in [6.45, 7) is 6.48. The average molecular weight is 1120 g/mol. The minimum Gasteiger partial charge on any atom is -0.462 e. The van der Waals surface area contributed by atoms with Crippen LogP contribution in [0.5, 0.6) is 0 Å². The summed E-state index contributed by atoms with van der Waals surface area (Å²) in [6, 6.07) is 0. The summed E-state index contributed by atoms with van der Waals surface area (Å²) in [5.41, 5.74) is 0. The maximum Gasteiger partial charge on any atom is 0.309 e. The third-order valence-corrected chi connectivity index (χ3v) is 15.2. The second kappa shape index (κ2) is 68.1. The summed E-state index contributed by atoms with van der Waals surface area (Å²) in [4.78, 5) is 38.3. The summed E-state index contributed by atoms with van der Waals surface area (Å²) in [7, 11) is 0. The highest BCUT2D eigenvalue weighted by atomic mass is 16.6. The molecule has 0 fully saturated rings. The molecule has 0 aromatic carbocycles. The average Bonchev–Trinajstić information content (AvgIpc) is 3.46. The Morgan fingerprint density at radius 1 is 0.275 bits per heavy atom. The number of esters is 3. The number of allylic oxidation sites excluding steroid dienone is 13. The summed E-state index contributed by atoms with van der Waals surface area (Å²) in [6.07, 6.45) is 90.7. The molecule has 0 bridgehead atoms. The Morgan fingerprint density at radius 3 is 0.875 bits per heavy atom. The summed E-state index contributed by atoms with van der Waals surface area (Å²) in [5, 5.41) is 0. The molecule has 0 heterocycles. The van der Waals surface area contributed by atoms with Crippen molar-refractivity contribution in [3.05, 3.63) is 85.1 Å². The Hall–Kier alpha value is -3.41. The van der Waals surface area contributed by atoms with Gasteiger partial charge in [0.1, 0.15) is 13.2 Å². The van der Waals surface area contributed by atoms with Gasteiger partial charge in [-0.2, -0.15) is 0 Å². The van der Waals surface area contributed by atoms with E-state index >= 15 is 0 Å². The van der Waals surface area contributed by atoms with Crippen molar-refractivity contribution < 1.29 is 28.6 Å². The molecule has 0 aliphatic heterocycles. The molecule has 0 radical (unpaired) electrons. The van der Waals surface area contributed by atoms with Crippen LogP contribution in [0.4, 0.5) is 0 Å². The minimum atomic E-state index is -0.816. The van der Waals surface area contributed by atoms with Gasteiger partial charge < -0.3 is 14.2 Å². The molecule has 0 amide bonds. The van der Waals surface area contributed by atoms with E-state index in [-0.39, 0.29) is 31.6 Å². The van der Waals surface area contributed by atoms with Crippen molar-refractivity contribution in [1.82, 2.24) is 0 Å². The van der Waals surface area contributed by atoms with E-state index in [0.717, 1.165) is 77.0 Å². The molecule has 0 saturated carbocycles. The molecular formula is C74H130O6. The van der Waals surface area contributed by atoms with E-state index in [1.807, 2.05) is 12.2 Å². The van der Waals surface area contributed by atoms with Crippen LogP contribution in [0.3, 0.4) is 0 Å². The van der Waals surface area contributed by atoms with Crippen molar-refractivity contribution in [2.24, 2.45) is 0 Å². The first-order chi connectivity index (χ1) is 39.5. The van der Waals surface area contributed by atoms with Gasteiger partial charge in [0.05, 0.1) is 6.42 Å². The standard InChI is InChI=1S/C74H130O6/c1-4-7-10-13-16-19-22-25-28-30-32-34-35-36-37-38-39-40-42-43-46-49-52-55-58-61-64-67-73(76)79-70-71(69-78-72(75)66-63-60-57-54-51-48-45-27-24-21-18-15-12-9-6-3)80-74(77)68-65-62-59-56-53-50-47-44-41-33-31-29-26-23-20-17-14-11-8-5-2/h9,12,18,21-22,25,27,30,32,45,51,54,60,63,71H,4-8,10-11,13-17,19-20,23-24,26,28-29,31,33-44,46-50,52-53,55-59,61-62,64-70H2,1-3H3/b12-9-,21-18-,25-22-,32-30-,45-27-,54-51-,63-60-. The fraction of sp³-hybridized carbons (Fsp3) is 0.770. The number of hydrogen-bond acceptors (Lipinski definition) is 6. The number of carbonyl (C=O) groups excluding carboxylic acids is 3. The summed E-state index contributed by atoms with van der Waals surface area (Å²) >= 11 is 0. The number of rotatable bonds is 63. The van der Waals surface area contributed by atoms with E-state index in [0.29, 0.717) is 12.8 Å². The van der Waals surface area contributed by atoms with Crippen LogP contribution >= 0.6 is 0 Å². The molecule has 0 aliphatic rings. The summed E-state index contributed by atoms with van der Waals surface area (Å²) in [5.74, 6) is -1.02. The number of ether oxygens (including phenoxy) is 3. The second-order valence-corrected chi connectivity index (χ2v) is 23.1. The van der Waals surface area contributed by atoms with E-state index in [4.69, 9.17) is 14.2 Å². The fourth-order valence-electron chi connectivity index (χ4n) is 10.0. The van der Waals surface area contributed by atoms with Gasteiger partial charge in [-0.15, -0.1) is 0 Å². The smallest absolute Gasteiger partial charge is 0.309 e. The highest BCUT2D eigenvalue weighted by Gasteiger charge is 2.19. The molecule has 6 nitrogen and oxygen atoms in total. The predicted octanol–water partition coefficient (Wildman–Crippen LogP) is 23.8. The molecule has 0 N–H and O–H groups in total. The van der Waals surface area contributed by atoms with Crippen LogP contribution < -0.4 is 0 Å². The topological polar surface area (TPSA) is 78.9 Å². The lowest BCUT2D eigenvalue weighted by Crippen LogP contribution is -2.30. The molecule has 1 atom stereocenters. The highest BCUT2D eigenvalue weighted by Crippen LogP contribution is 2.18. The van der Waals surface area contributed by atoms with E-state index in [1.54, 1.807) is 0 Å². The monoisotopic (exact) mass is 1110 g/mol. The Labute approximate surface area is 496 Å². The van der Waals surface area contributed by atoms with Crippen molar-refractivity contribution in [2.45, 2.75) is 354 Å². The van der Waals surface area contributed by atoms with Crippen LogP contribution in [0.1, 0.15) is 348 Å². The predicted molar refractivity (Wildman–Crippen MR) is 348 cm³/mol. The van der Waals surface area contributed by atoms with Crippen LogP contribution in [0.2, 0.25) is 0 Å². The zero-order chi connectivity index (χ0) is 57.8. The zero-order valence-corrected chi connectivity index (χ0v) is 53.1. The summed E-state index contributed by atoms with van der Waals surface area (Å²) < 4.78 is 16.9. The number of hydrogen-bond donors (Lipinski definition) is 0. The van der Waals surface area contributed by atoms with Gasteiger partial charge in [-0.05, 0) is 77.0 Å². The quantitative estimate of drug-likeness (QED) is 0.0261. The SMILES string of the molecule is CC/C=C\C/C=C\C/C=C\C/C=C\C/C=C\CC(=O)OCC(COC(=O)CCCCCCCCCCCCCCCCC/C=C\C/C=C\CCCCCCC)OC(=O)CCCCCCCCCCCCCCCCCCCCCC. The van der Waals surface area contributed by atoms with Crippen LogP contribution in [0.15, 0.2) is 85.1 Å². The van der Waals surface area contributed by atoms with E-state index in [9.17, 15) is 14.4 Å². The van der Waals surface area contributed by atoms with E-state index < -0.39 is 12.1 Å². The molecule has 0 saturated heterocycles. The Bertz CT molecular complexity index is 1520. The molecule has 6 heteroatoms. The van der Waals surface area contributed by atoms with Crippen molar-refractivity contribution in [3.63, 3.8) is 0 Å². The highest BCUT2D eigenvalue weighted by molar-refractivity contribution is 5.72. The van der Waals surface area contributed by atoms with Crippen molar-refractivity contribution >= 4 is 17.9 Å². The lowest BCUT2D eigenvalue weighted by Gasteiger charge is -2.18. The zero-order valence-electron chi connectivity index (χ0n) is 53.1. The first-order valence-corrected chi connectivity index (χ1v) is 34.6. The maximum atomic E-state index is 12.9. The molecule has 0 spiro atoms. The van der Waals surface area contributed by atoms with Gasteiger partial charge >= 0.3 is 17.9 Å². The Kier molecular flexibility index (Phi) is 65.2. The molecule has 462 valence electrons. The second-order valence-electron chi connectivity index (χ2n) is 23.1. The van der Waals surface area contributed by atoms with Gasteiger partial charge in [0.15, 0.2) is 6.10 Å². The van der Waals surface area contributed by atoms with Gasteiger partial charge in [0, 0.05) is 12.8 Å². The molecule has 1 unspecified atom stereocenters. The Balaban J connectivity index is 4.33.